The molecular weight excluding hydrogens is 237 g/mol. The van der Waals surface area contributed by atoms with Crippen LogP contribution in [0.3, 0.4) is 0 Å². The van der Waals surface area contributed by atoms with E-state index in [0.717, 1.165) is 6.26 Å². The quantitative estimate of drug-likeness (QED) is 0.845. The average Bonchev–Trinajstić information content (AvgIpc) is 2.15. The SMILES string of the molecule is COc1cccc(C(=O)NS(C)(=O)=O)c1F. The first-order chi connectivity index (χ1) is 7.35. The van der Waals surface area contributed by atoms with Crippen LogP contribution in [0.5, 0.6) is 5.75 Å². The maximum Gasteiger partial charge on any atom is 0.267 e. The molecule has 0 radical (unpaired) electrons. The number of carbonyl (C=O) groups excluding carboxylic acids is 1. The second kappa shape index (κ2) is 4.48. The Kier molecular flexibility index (Phi) is 3.48. The normalized spacial score (nSPS) is 10.9. The molecule has 1 N–H and O–H groups in total. The van der Waals surface area contributed by atoms with E-state index >= 15 is 0 Å². The fourth-order valence-electron chi connectivity index (χ4n) is 1.07. The summed E-state index contributed by atoms with van der Waals surface area (Å²) < 4.78 is 41.4. The predicted octanol–water partition coefficient (Wildman–Crippen LogP) is 0.524. The summed E-state index contributed by atoms with van der Waals surface area (Å²) in [6, 6.07) is 3.88. The third-order valence-corrected chi connectivity index (χ3v) is 2.26. The highest BCUT2D eigenvalue weighted by Crippen LogP contribution is 2.19. The minimum absolute atomic E-state index is 0.124. The van der Waals surface area contributed by atoms with Crippen LogP contribution in [-0.4, -0.2) is 27.7 Å². The van der Waals surface area contributed by atoms with Crippen LogP contribution in [0.15, 0.2) is 18.2 Å². The van der Waals surface area contributed by atoms with Gasteiger partial charge >= 0.3 is 0 Å². The zero-order chi connectivity index (χ0) is 12.3. The molecule has 0 aliphatic heterocycles. The maximum atomic E-state index is 13.5. The largest absolute Gasteiger partial charge is 0.494 e. The van der Waals surface area contributed by atoms with E-state index in [2.05, 4.69) is 4.74 Å². The zero-order valence-corrected chi connectivity index (χ0v) is 9.47. The second-order valence-corrected chi connectivity index (χ2v) is 4.77. The van der Waals surface area contributed by atoms with E-state index in [1.165, 1.54) is 25.3 Å². The Morgan fingerprint density at radius 2 is 2.06 bits per heavy atom. The molecule has 0 saturated heterocycles. The summed E-state index contributed by atoms with van der Waals surface area (Å²) in [6.45, 7) is 0. The van der Waals surface area contributed by atoms with E-state index in [-0.39, 0.29) is 11.3 Å². The molecule has 1 amide bonds. The lowest BCUT2D eigenvalue weighted by Crippen LogP contribution is -2.30. The van der Waals surface area contributed by atoms with E-state index in [1.54, 1.807) is 4.72 Å². The number of methoxy groups -OCH3 is 1. The molecule has 0 heterocycles. The Balaban J connectivity index is 3.10. The van der Waals surface area contributed by atoms with Gasteiger partial charge in [-0.05, 0) is 12.1 Å². The van der Waals surface area contributed by atoms with Crippen LogP contribution in [-0.2, 0) is 10.0 Å². The highest BCUT2D eigenvalue weighted by atomic mass is 32.2. The molecule has 0 bridgehead atoms. The third kappa shape index (κ3) is 2.93. The summed E-state index contributed by atoms with van der Waals surface area (Å²) in [4.78, 5) is 11.4. The molecule has 0 aromatic heterocycles. The Hall–Kier alpha value is -1.63. The van der Waals surface area contributed by atoms with Crippen LogP contribution in [0.1, 0.15) is 10.4 Å². The summed E-state index contributed by atoms with van der Waals surface area (Å²) in [5.41, 5.74) is -0.384. The Morgan fingerprint density at radius 1 is 1.44 bits per heavy atom. The van der Waals surface area contributed by atoms with E-state index < -0.39 is 21.7 Å². The fourth-order valence-corrected chi connectivity index (χ4v) is 1.51. The van der Waals surface area contributed by atoms with E-state index in [9.17, 15) is 17.6 Å². The van der Waals surface area contributed by atoms with Crippen molar-refractivity contribution in [1.82, 2.24) is 4.72 Å². The van der Waals surface area contributed by atoms with Gasteiger partial charge in [0.25, 0.3) is 5.91 Å². The first kappa shape index (κ1) is 12.4. The minimum atomic E-state index is -3.71. The molecule has 88 valence electrons. The number of hydrogen-bond donors (Lipinski definition) is 1. The topological polar surface area (TPSA) is 72.5 Å². The summed E-state index contributed by atoms with van der Waals surface area (Å²) in [7, 11) is -2.47. The van der Waals surface area contributed by atoms with Gasteiger partial charge in [0.1, 0.15) is 0 Å². The van der Waals surface area contributed by atoms with Gasteiger partial charge in [-0.3, -0.25) is 4.79 Å². The molecule has 1 aromatic carbocycles. The molecule has 0 fully saturated rings. The second-order valence-electron chi connectivity index (χ2n) is 3.03. The molecule has 16 heavy (non-hydrogen) atoms. The number of ether oxygens (including phenoxy) is 1. The first-order valence-corrected chi connectivity index (χ1v) is 6.09. The third-order valence-electron chi connectivity index (χ3n) is 1.71. The zero-order valence-electron chi connectivity index (χ0n) is 8.65. The number of nitrogens with one attached hydrogen (secondary N) is 1. The number of sulfonamides is 1. The van der Waals surface area contributed by atoms with Crippen molar-refractivity contribution in [2.75, 3.05) is 13.4 Å². The van der Waals surface area contributed by atoms with Gasteiger partial charge < -0.3 is 4.74 Å². The van der Waals surface area contributed by atoms with Crippen LogP contribution in [0.2, 0.25) is 0 Å². The van der Waals surface area contributed by atoms with Crippen LogP contribution in [0.4, 0.5) is 4.39 Å². The molecule has 0 atom stereocenters. The maximum absolute atomic E-state index is 13.5. The molecule has 7 heteroatoms. The molecule has 0 saturated carbocycles. The number of amides is 1. The van der Waals surface area contributed by atoms with Gasteiger partial charge in [-0.25, -0.2) is 17.5 Å². The Morgan fingerprint density at radius 3 is 2.56 bits per heavy atom. The van der Waals surface area contributed by atoms with Crippen molar-refractivity contribution >= 4 is 15.9 Å². The van der Waals surface area contributed by atoms with Crippen LogP contribution in [0, 0.1) is 5.82 Å². The number of carbonyl (C=O) groups is 1. The van der Waals surface area contributed by atoms with Crippen molar-refractivity contribution < 1.29 is 22.3 Å². The molecule has 1 rings (SSSR count). The fraction of sp³-hybridized carbons (Fsp3) is 0.222. The molecule has 0 aliphatic carbocycles. The van der Waals surface area contributed by atoms with Crippen LogP contribution < -0.4 is 9.46 Å². The van der Waals surface area contributed by atoms with Crippen LogP contribution in [0.25, 0.3) is 0 Å². The van der Waals surface area contributed by atoms with Gasteiger partial charge in [-0.1, -0.05) is 6.07 Å². The molecule has 1 aromatic rings. The first-order valence-electron chi connectivity index (χ1n) is 4.20. The number of halogens is 1. The smallest absolute Gasteiger partial charge is 0.267 e. The van der Waals surface area contributed by atoms with Crippen molar-refractivity contribution in [1.29, 1.82) is 0 Å². The molecule has 5 nitrogen and oxygen atoms in total. The lowest BCUT2D eigenvalue weighted by molar-refractivity contribution is 0.0977. The molecular formula is C9H10FNO4S. The number of rotatable bonds is 3. The van der Waals surface area contributed by atoms with Crippen LogP contribution >= 0.6 is 0 Å². The highest BCUT2D eigenvalue weighted by molar-refractivity contribution is 7.89. The summed E-state index contributed by atoms with van der Waals surface area (Å²) >= 11 is 0. The van der Waals surface area contributed by atoms with Crippen molar-refractivity contribution in [3.8, 4) is 5.75 Å². The summed E-state index contributed by atoms with van der Waals surface area (Å²) in [5.74, 6) is -2.05. The lowest BCUT2D eigenvalue weighted by Gasteiger charge is -2.06. The van der Waals surface area contributed by atoms with Gasteiger partial charge in [0, 0.05) is 0 Å². The monoisotopic (exact) mass is 247 g/mol. The van der Waals surface area contributed by atoms with Gasteiger partial charge in [0.2, 0.25) is 10.0 Å². The van der Waals surface area contributed by atoms with Crippen molar-refractivity contribution in [2.24, 2.45) is 0 Å². The van der Waals surface area contributed by atoms with E-state index in [1.807, 2.05) is 0 Å². The minimum Gasteiger partial charge on any atom is -0.494 e. The van der Waals surface area contributed by atoms with E-state index in [0.29, 0.717) is 0 Å². The Bertz CT molecular complexity index is 512. The molecule has 0 aliphatic rings. The number of hydrogen-bond acceptors (Lipinski definition) is 4. The van der Waals surface area contributed by atoms with Crippen molar-refractivity contribution in [3.05, 3.63) is 29.6 Å². The molecule has 0 spiro atoms. The summed E-state index contributed by atoms with van der Waals surface area (Å²) in [6.07, 6.45) is 0.809. The van der Waals surface area contributed by atoms with Gasteiger partial charge in [0.15, 0.2) is 11.6 Å². The average molecular weight is 247 g/mol. The highest BCUT2D eigenvalue weighted by Gasteiger charge is 2.17. The standard InChI is InChI=1S/C9H10FNO4S/c1-15-7-5-3-4-6(8(7)10)9(12)11-16(2,13)14/h3-5H,1-2H3,(H,11,12). The van der Waals surface area contributed by atoms with Crippen molar-refractivity contribution in [3.63, 3.8) is 0 Å². The van der Waals surface area contributed by atoms with Gasteiger partial charge in [-0.2, -0.15) is 0 Å². The predicted molar refractivity (Wildman–Crippen MR) is 55.3 cm³/mol. The lowest BCUT2D eigenvalue weighted by atomic mass is 10.2. The van der Waals surface area contributed by atoms with Gasteiger partial charge in [0.05, 0.1) is 18.9 Å². The molecule has 0 unspecified atom stereocenters. The summed E-state index contributed by atoms with van der Waals surface area (Å²) in [5, 5.41) is 0. The Labute approximate surface area is 92.3 Å². The van der Waals surface area contributed by atoms with Crippen molar-refractivity contribution in [2.45, 2.75) is 0 Å². The van der Waals surface area contributed by atoms with Gasteiger partial charge in [-0.15, -0.1) is 0 Å². The van der Waals surface area contributed by atoms with E-state index in [4.69, 9.17) is 0 Å². The number of benzene rings is 1.